The van der Waals surface area contributed by atoms with E-state index >= 15 is 0 Å². The highest BCUT2D eigenvalue weighted by Gasteiger charge is 2.30. The van der Waals surface area contributed by atoms with E-state index in [-0.39, 0.29) is 35.8 Å². The van der Waals surface area contributed by atoms with Gasteiger partial charge in [0, 0.05) is 39.8 Å². The monoisotopic (exact) mass is 443 g/mol. The minimum Gasteiger partial charge on any atom is -0.348 e. The van der Waals surface area contributed by atoms with Crippen LogP contribution in [-0.2, 0) is 6.54 Å². The molecule has 6 heteroatoms. The Morgan fingerprint density at radius 3 is 2.64 bits per heavy atom. The molecule has 0 spiro atoms. The molecule has 33 heavy (non-hydrogen) atoms. The zero-order valence-electron chi connectivity index (χ0n) is 18.7. The number of halogens is 1. The molecule has 2 aromatic heterocycles. The molecule has 5 nitrogen and oxygen atoms in total. The summed E-state index contributed by atoms with van der Waals surface area (Å²) in [6, 6.07) is 16.3. The highest BCUT2D eigenvalue weighted by atomic mass is 19.1. The number of pyridine rings is 1. The minimum absolute atomic E-state index is 0.144. The molecule has 0 aliphatic heterocycles. The average Bonchev–Trinajstić information content (AvgIpc) is 3.56. The second-order valence-electron chi connectivity index (χ2n) is 8.99. The van der Waals surface area contributed by atoms with Gasteiger partial charge in [0.1, 0.15) is 11.5 Å². The normalized spacial score (nSPS) is 13.6. The van der Waals surface area contributed by atoms with E-state index in [1.165, 1.54) is 6.07 Å². The number of hydrogen-bond donors (Lipinski definition) is 2. The molecule has 1 aliphatic carbocycles. The second-order valence-corrected chi connectivity index (χ2v) is 8.99. The van der Waals surface area contributed by atoms with Gasteiger partial charge in [-0.2, -0.15) is 0 Å². The van der Waals surface area contributed by atoms with E-state index in [9.17, 15) is 14.0 Å². The quantitative estimate of drug-likeness (QED) is 0.430. The van der Waals surface area contributed by atoms with Gasteiger partial charge >= 0.3 is 0 Å². The van der Waals surface area contributed by atoms with Crippen molar-refractivity contribution < 1.29 is 9.18 Å². The van der Waals surface area contributed by atoms with Crippen LogP contribution in [0.2, 0.25) is 0 Å². The molecule has 1 amide bonds. The third-order valence-corrected chi connectivity index (χ3v) is 6.26. The van der Waals surface area contributed by atoms with Gasteiger partial charge in [-0.15, -0.1) is 0 Å². The number of aromatic nitrogens is 2. The number of hydrogen-bond acceptors (Lipinski definition) is 2. The highest BCUT2D eigenvalue weighted by Crippen LogP contribution is 2.36. The van der Waals surface area contributed by atoms with Gasteiger partial charge < -0.3 is 14.9 Å². The van der Waals surface area contributed by atoms with Crippen molar-refractivity contribution in [1.82, 2.24) is 14.9 Å². The summed E-state index contributed by atoms with van der Waals surface area (Å²) in [6.45, 7) is 4.39. The Labute approximate surface area is 191 Å². The van der Waals surface area contributed by atoms with Gasteiger partial charge in [-0.25, -0.2) is 4.39 Å². The fourth-order valence-corrected chi connectivity index (χ4v) is 4.30. The lowest BCUT2D eigenvalue weighted by molar-refractivity contribution is 0.0943. The second kappa shape index (κ2) is 8.35. The van der Waals surface area contributed by atoms with Gasteiger partial charge in [-0.1, -0.05) is 38.1 Å². The number of fused-ring (bicyclic) bond motifs is 1. The maximum atomic E-state index is 14.6. The number of nitrogens with one attached hydrogen (secondary N) is 2. The lowest BCUT2D eigenvalue weighted by Crippen LogP contribution is -2.29. The third-order valence-electron chi connectivity index (χ3n) is 6.26. The number of aromatic amines is 1. The van der Waals surface area contributed by atoms with Crippen LogP contribution >= 0.6 is 0 Å². The molecular formula is C27H26FN3O2. The topological polar surface area (TPSA) is 66.9 Å². The average molecular weight is 444 g/mol. The smallest absolute Gasteiger partial charge is 0.268 e. The lowest BCUT2D eigenvalue weighted by atomic mass is 9.97. The minimum atomic E-state index is -0.328. The molecule has 0 saturated heterocycles. The molecule has 2 heterocycles. The van der Waals surface area contributed by atoms with Crippen LogP contribution in [0.25, 0.3) is 22.0 Å². The summed E-state index contributed by atoms with van der Waals surface area (Å²) in [5.74, 6) is -0.296. The van der Waals surface area contributed by atoms with Crippen molar-refractivity contribution >= 4 is 16.8 Å². The predicted molar refractivity (Wildman–Crippen MR) is 128 cm³/mol. The van der Waals surface area contributed by atoms with Crippen molar-refractivity contribution in [2.75, 3.05) is 0 Å². The van der Waals surface area contributed by atoms with Crippen molar-refractivity contribution in [3.05, 3.63) is 93.8 Å². The number of carbonyl (C=O) groups is 1. The highest BCUT2D eigenvalue weighted by molar-refractivity contribution is 6.10. The van der Waals surface area contributed by atoms with E-state index in [1.54, 1.807) is 36.5 Å². The molecule has 168 valence electrons. The summed E-state index contributed by atoms with van der Waals surface area (Å²) in [5.41, 5.74) is 3.52. The van der Waals surface area contributed by atoms with Crippen molar-refractivity contribution in [2.24, 2.45) is 0 Å². The lowest BCUT2D eigenvalue weighted by Gasteiger charge is -2.13. The molecule has 1 fully saturated rings. The Bertz CT molecular complexity index is 1410. The maximum absolute atomic E-state index is 14.6. The Kier molecular flexibility index (Phi) is 5.36. The zero-order chi connectivity index (χ0) is 23.1. The number of rotatable bonds is 6. The van der Waals surface area contributed by atoms with Crippen LogP contribution in [0.5, 0.6) is 0 Å². The molecule has 4 aromatic rings. The summed E-state index contributed by atoms with van der Waals surface area (Å²) in [4.78, 5) is 29.1. The summed E-state index contributed by atoms with van der Waals surface area (Å²) < 4.78 is 16.5. The SMILES string of the molecule is CC(C)c1ccc2c(c1)c(-c1ccc[nH]c1=O)c(C(=O)NC1CC1)n2Cc1ccccc1F. The molecule has 0 radical (unpaired) electrons. The van der Waals surface area contributed by atoms with Gasteiger partial charge in [0.2, 0.25) is 0 Å². The van der Waals surface area contributed by atoms with Gasteiger partial charge in [0.15, 0.2) is 0 Å². The molecule has 0 unspecified atom stereocenters. The molecule has 2 N–H and O–H groups in total. The summed E-state index contributed by atoms with van der Waals surface area (Å²) in [7, 11) is 0. The van der Waals surface area contributed by atoms with E-state index in [4.69, 9.17) is 0 Å². The Hall–Kier alpha value is -3.67. The molecule has 1 saturated carbocycles. The van der Waals surface area contributed by atoms with Crippen LogP contribution < -0.4 is 10.9 Å². The largest absolute Gasteiger partial charge is 0.348 e. The van der Waals surface area contributed by atoms with Gasteiger partial charge in [-0.05, 0) is 54.7 Å². The first-order chi connectivity index (χ1) is 15.9. The van der Waals surface area contributed by atoms with Crippen LogP contribution in [0.15, 0.2) is 65.6 Å². The van der Waals surface area contributed by atoms with Crippen LogP contribution in [0.1, 0.15) is 54.2 Å². The van der Waals surface area contributed by atoms with Crippen molar-refractivity contribution in [2.45, 2.75) is 45.2 Å². The van der Waals surface area contributed by atoms with Gasteiger partial charge in [-0.3, -0.25) is 9.59 Å². The third kappa shape index (κ3) is 3.97. The Balaban J connectivity index is 1.83. The van der Waals surface area contributed by atoms with Crippen molar-refractivity contribution in [1.29, 1.82) is 0 Å². The van der Waals surface area contributed by atoms with Gasteiger partial charge in [0.05, 0.1) is 6.54 Å². The molecule has 1 aliphatic rings. The van der Waals surface area contributed by atoms with E-state index in [2.05, 4.69) is 24.1 Å². The van der Waals surface area contributed by atoms with Crippen molar-refractivity contribution in [3.8, 4) is 11.1 Å². The van der Waals surface area contributed by atoms with E-state index < -0.39 is 0 Å². The zero-order valence-corrected chi connectivity index (χ0v) is 18.7. The molecular weight excluding hydrogens is 417 g/mol. The fraction of sp³-hybridized carbons (Fsp3) is 0.259. The Morgan fingerprint density at radius 1 is 1.15 bits per heavy atom. The van der Waals surface area contributed by atoms with Crippen LogP contribution in [0.4, 0.5) is 4.39 Å². The van der Waals surface area contributed by atoms with Crippen molar-refractivity contribution in [3.63, 3.8) is 0 Å². The number of amides is 1. The standard InChI is InChI=1S/C27H26FN3O2/c1-16(2)17-9-12-23-21(14-17)24(20-7-5-13-29-26(20)32)25(27(33)30-19-10-11-19)31(23)15-18-6-3-4-8-22(18)28/h3-9,12-14,16,19H,10-11,15H2,1-2H3,(H,29,32)(H,30,33). The molecule has 0 atom stereocenters. The first-order valence-electron chi connectivity index (χ1n) is 11.3. The molecule has 2 aromatic carbocycles. The molecule has 5 rings (SSSR count). The number of benzene rings is 2. The van der Waals surface area contributed by atoms with Crippen LogP contribution in [-0.4, -0.2) is 21.5 Å². The van der Waals surface area contributed by atoms with Crippen LogP contribution in [0.3, 0.4) is 0 Å². The predicted octanol–water partition coefficient (Wildman–Crippen LogP) is 5.20. The first-order valence-corrected chi connectivity index (χ1v) is 11.3. The summed E-state index contributed by atoms with van der Waals surface area (Å²) in [6.07, 6.45) is 3.46. The van der Waals surface area contributed by atoms with Gasteiger partial charge in [0.25, 0.3) is 11.5 Å². The van der Waals surface area contributed by atoms with E-state index in [1.807, 2.05) is 22.8 Å². The summed E-state index contributed by atoms with van der Waals surface area (Å²) in [5, 5.41) is 3.89. The number of nitrogens with zero attached hydrogens (tertiary/aromatic N) is 1. The number of H-pyrrole nitrogens is 1. The fourth-order valence-electron chi connectivity index (χ4n) is 4.30. The van der Waals surface area contributed by atoms with E-state index in [0.29, 0.717) is 22.4 Å². The van der Waals surface area contributed by atoms with E-state index in [0.717, 1.165) is 29.3 Å². The molecule has 0 bridgehead atoms. The first kappa shape index (κ1) is 21.2. The summed E-state index contributed by atoms with van der Waals surface area (Å²) >= 11 is 0. The Morgan fingerprint density at radius 2 is 1.94 bits per heavy atom. The maximum Gasteiger partial charge on any atom is 0.268 e. The number of carbonyl (C=O) groups excluding carboxylic acids is 1. The van der Waals surface area contributed by atoms with Crippen LogP contribution in [0, 0.1) is 5.82 Å².